The topological polar surface area (TPSA) is 49.2 Å². The number of aliphatic hydroxyl groups is 1. The van der Waals surface area contributed by atoms with Gasteiger partial charge in [0.25, 0.3) is 0 Å². The first-order chi connectivity index (χ1) is 7.15. The zero-order valence-electron chi connectivity index (χ0n) is 8.60. The van der Waals surface area contributed by atoms with Crippen LogP contribution in [0.3, 0.4) is 0 Å². The van der Waals surface area contributed by atoms with E-state index < -0.39 is 0 Å². The molecule has 4 nitrogen and oxygen atoms in total. The summed E-state index contributed by atoms with van der Waals surface area (Å²) in [5, 5.41) is 9.67. The van der Waals surface area contributed by atoms with Gasteiger partial charge in [-0.15, -0.1) is 0 Å². The quantitative estimate of drug-likeness (QED) is 0.793. The molecule has 0 spiro atoms. The van der Waals surface area contributed by atoms with E-state index in [-0.39, 0.29) is 6.10 Å². The van der Waals surface area contributed by atoms with Crippen molar-refractivity contribution in [2.45, 2.75) is 19.4 Å². The van der Waals surface area contributed by atoms with Crippen molar-refractivity contribution >= 4 is 28.5 Å². The van der Waals surface area contributed by atoms with Gasteiger partial charge in [-0.3, -0.25) is 0 Å². The van der Waals surface area contributed by atoms with E-state index in [9.17, 15) is 5.11 Å². The molecule has 0 bridgehead atoms. The summed E-state index contributed by atoms with van der Waals surface area (Å²) in [6, 6.07) is 0. The molecule has 2 heterocycles. The fraction of sp³-hybridized carbons (Fsp3) is 0.600. The number of rotatable bonds is 1. The Labute approximate surface area is 103 Å². The number of hydrogen-bond acceptors (Lipinski definition) is 4. The highest BCUT2D eigenvalue weighted by atomic mass is 127. The van der Waals surface area contributed by atoms with Gasteiger partial charge in [0.2, 0.25) is 5.95 Å². The van der Waals surface area contributed by atoms with E-state index in [0.717, 1.165) is 22.5 Å². The third kappa shape index (κ3) is 2.78. The third-order valence-electron chi connectivity index (χ3n) is 2.53. The molecule has 1 saturated heterocycles. The molecule has 1 aliphatic rings. The van der Waals surface area contributed by atoms with Crippen molar-refractivity contribution in [2.75, 3.05) is 18.0 Å². The molecule has 0 amide bonds. The molecule has 0 aromatic carbocycles. The first-order valence-electron chi connectivity index (χ1n) is 5.05. The van der Waals surface area contributed by atoms with Gasteiger partial charge in [0.15, 0.2) is 0 Å². The van der Waals surface area contributed by atoms with E-state index >= 15 is 0 Å². The van der Waals surface area contributed by atoms with E-state index in [1.54, 1.807) is 12.4 Å². The number of hydrogen-bond donors (Lipinski definition) is 1. The number of aliphatic hydroxyl groups excluding tert-OH is 1. The summed E-state index contributed by atoms with van der Waals surface area (Å²) in [7, 11) is 0. The van der Waals surface area contributed by atoms with Gasteiger partial charge in [-0.05, 0) is 34.9 Å². The van der Waals surface area contributed by atoms with E-state index in [2.05, 4.69) is 44.4 Å². The van der Waals surface area contributed by atoms with Gasteiger partial charge in [0.1, 0.15) is 0 Å². The standard InChI is InChI=1S/C10H14IN3O/c1-7-2-9(15)6-14(5-7)10-12-3-8(11)4-13-10/h3-4,7,9,15H,2,5-6H2,1H3. The van der Waals surface area contributed by atoms with E-state index in [4.69, 9.17) is 0 Å². The predicted octanol–water partition coefficient (Wildman–Crippen LogP) is 1.29. The van der Waals surface area contributed by atoms with Crippen molar-refractivity contribution in [2.24, 2.45) is 5.92 Å². The molecule has 5 heteroatoms. The van der Waals surface area contributed by atoms with Gasteiger partial charge < -0.3 is 10.0 Å². The molecule has 1 fully saturated rings. The van der Waals surface area contributed by atoms with Crippen LogP contribution in [0.15, 0.2) is 12.4 Å². The number of aromatic nitrogens is 2. The minimum atomic E-state index is -0.253. The zero-order chi connectivity index (χ0) is 10.8. The van der Waals surface area contributed by atoms with Crippen molar-refractivity contribution in [1.82, 2.24) is 9.97 Å². The Balaban J connectivity index is 2.12. The number of piperidine rings is 1. The molecule has 15 heavy (non-hydrogen) atoms. The lowest BCUT2D eigenvalue weighted by Gasteiger charge is -2.33. The lowest BCUT2D eigenvalue weighted by atomic mass is 9.98. The third-order valence-corrected chi connectivity index (χ3v) is 3.08. The monoisotopic (exact) mass is 319 g/mol. The smallest absolute Gasteiger partial charge is 0.225 e. The molecular formula is C10H14IN3O. The normalized spacial score (nSPS) is 26.7. The Morgan fingerprint density at radius 1 is 1.40 bits per heavy atom. The van der Waals surface area contributed by atoms with E-state index in [1.165, 1.54) is 0 Å². The first kappa shape index (κ1) is 11.1. The van der Waals surface area contributed by atoms with Crippen molar-refractivity contribution in [3.05, 3.63) is 16.0 Å². The Morgan fingerprint density at radius 2 is 2.07 bits per heavy atom. The fourth-order valence-corrected chi connectivity index (χ4v) is 2.23. The Bertz CT molecular complexity index is 320. The molecule has 82 valence electrons. The van der Waals surface area contributed by atoms with Crippen LogP contribution in [0.4, 0.5) is 5.95 Å². The van der Waals surface area contributed by atoms with Crippen molar-refractivity contribution < 1.29 is 5.11 Å². The van der Waals surface area contributed by atoms with Crippen LogP contribution in [0.5, 0.6) is 0 Å². The number of anilines is 1. The lowest BCUT2D eigenvalue weighted by Crippen LogP contribution is -2.43. The summed E-state index contributed by atoms with van der Waals surface area (Å²) in [4.78, 5) is 10.6. The van der Waals surface area contributed by atoms with Crippen LogP contribution in [-0.4, -0.2) is 34.3 Å². The maximum absolute atomic E-state index is 9.67. The second-order valence-electron chi connectivity index (χ2n) is 4.10. The summed E-state index contributed by atoms with van der Waals surface area (Å²) in [5.74, 6) is 1.22. The molecule has 2 atom stereocenters. The first-order valence-corrected chi connectivity index (χ1v) is 6.13. The summed E-state index contributed by atoms with van der Waals surface area (Å²) >= 11 is 2.18. The minimum Gasteiger partial charge on any atom is -0.391 e. The molecule has 2 rings (SSSR count). The predicted molar refractivity (Wildman–Crippen MR) is 66.7 cm³/mol. The van der Waals surface area contributed by atoms with Crippen LogP contribution in [0.2, 0.25) is 0 Å². The van der Waals surface area contributed by atoms with Crippen LogP contribution in [-0.2, 0) is 0 Å². The molecule has 0 saturated carbocycles. The summed E-state index contributed by atoms with van der Waals surface area (Å²) in [5.41, 5.74) is 0. The van der Waals surface area contributed by atoms with Crippen molar-refractivity contribution in [3.8, 4) is 0 Å². The summed E-state index contributed by atoms with van der Waals surface area (Å²) < 4.78 is 1.03. The van der Waals surface area contributed by atoms with Gasteiger partial charge in [0.05, 0.1) is 6.10 Å². The highest BCUT2D eigenvalue weighted by Gasteiger charge is 2.24. The highest BCUT2D eigenvalue weighted by molar-refractivity contribution is 14.1. The van der Waals surface area contributed by atoms with Crippen LogP contribution in [0, 0.1) is 9.49 Å². The Hall–Kier alpha value is -0.430. The maximum atomic E-state index is 9.67. The number of nitrogens with zero attached hydrogens (tertiary/aromatic N) is 3. The molecular weight excluding hydrogens is 305 g/mol. The Kier molecular flexibility index (Phi) is 3.40. The molecule has 0 radical (unpaired) electrons. The maximum Gasteiger partial charge on any atom is 0.225 e. The summed E-state index contributed by atoms with van der Waals surface area (Å²) in [6.07, 6.45) is 4.22. The van der Waals surface area contributed by atoms with Gasteiger partial charge in [0, 0.05) is 29.1 Å². The summed E-state index contributed by atoms with van der Waals surface area (Å²) in [6.45, 7) is 3.71. The minimum absolute atomic E-state index is 0.253. The van der Waals surface area contributed by atoms with Crippen LogP contribution >= 0.6 is 22.6 Å². The van der Waals surface area contributed by atoms with Crippen molar-refractivity contribution in [1.29, 1.82) is 0 Å². The second-order valence-corrected chi connectivity index (χ2v) is 5.35. The van der Waals surface area contributed by atoms with Crippen LogP contribution in [0.1, 0.15) is 13.3 Å². The van der Waals surface area contributed by atoms with Gasteiger partial charge in [-0.2, -0.15) is 0 Å². The fourth-order valence-electron chi connectivity index (χ4n) is 1.95. The number of β-amino-alcohol motifs (C(OH)–C–C–N with tert-alkyl or cyclic N) is 1. The molecule has 1 aromatic rings. The van der Waals surface area contributed by atoms with Crippen molar-refractivity contribution in [3.63, 3.8) is 0 Å². The molecule has 1 N–H and O–H groups in total. The second kappa shape index (κ2) is 4.61. The van der Waals surface area contributed by atoms with Gasteiger partial charge in [-0.1, -0.05) is 6.92 Å². The largest absolute Gasteiger partial charge is 0.391 e. The zero-order valence-corrected chi connectivity index (χ0v) is 10.8. The van der Waals surface area contributed by atoms with Crippen LogP contribution in [0.25, 0.3) is 0 Å². The van der Waals surface area contributed by atoms with Gasteiger partial charge >= 0.3 is 0 Å². The highest BCUT2D eigenvalue weighted by Crippen LogP contribution is 2.20. The SMILES string of the molecule is CC1CC(O)CN(c2ncc(I)cn2)C1. The van der Waals surface area contributed by atoms with Crippen LogP contribution < -0.4 is 4.90 Å². The Morgan fingerprint density at radius 3 is 2.67 bits per heavy atom. The molecule has 2 unspecified atom stereocenters. The molecule has 1 aromatic heterocycles. The molecule has 0 aliphatic carbocycles. The van der Waals surface area contributed by atoms with E-state index in [1.807, 2.05) is 0 Å². The lowest BCUT2D eigenvalue weighted by molar-refractivity contribution is 0.132. The average molecular weight is 319 g/mol. The van der Waals surface area contributed by atoms with Gasteiger partial charge in [-0.25, -0.2) is 9.97 Å². The number of halogens is 1. The van der Waals surface area contributed by atoms with E-state index in [0.29, 0.717) is 12.5 Å². The molecule has 1 aliphatic heterocycles. The average Bonchev–Trinajstić information content (AvgIpc) is 2.17.